The quantitative estimate of drug-likeness (QED) is 0.655. The Kier molecular flexibility index (Phi) is 3.51. The zero-order chi connectivity index (χ0) is 14.8. The van der Waals surface area contributed by atoms with Gasteiger partial charge in [0.1, 0.15) is 6.07 Å². The maximum Gasteiger partial charge on any atom is 0.101 e. The number of para-hydroxylation sites is 1. The third kappa shape index (κ3) is 2.56. The van der Waals surface area contributed by atoms with Crippen LogP contribution in [0, 0.1) is 18.3 Å². The van der Waals surface area contributed by atoms with Crippen LogP contribution in [0.25, 0.3) is 16.9 Å². The van der Waals surface area contributed by atoms with Gasteiger partial charge in [-0.15, -0.1) is 0 Å². The molecule has 0 saturated carbocycles. The van der Waals surface area contributed by atoms with Crippen LogP contribution < -0.4 is 0 Å². The van der Waals surface area contributed by atoms with E-state index in [4.69, 9.17) is 11.6 Å². The Morgan fingerprint density at radius 3 is 2.43 bits per heavy atom. The maximum absolute atomic E-state index is 9.20. The minimum atomic E-state index is 0.642. The molecule has 0 saturated heterocycles. The van der Waals surface area contributed by atoms with E-state index in [-0.39, 0.29) is 0 Å². The lowest BCUT2D eigenvalue weighted by atomic mass is 10.1. The van der Waals surface area contributed by atoms with Gasteiger partial charge in [0.05, 0.1) is 11.3 Å². The summed E-state index contributed by atoms with van der Waals surface area (Å²) in [5, 5.41) is 9.90. The van der Waals surface area contributed by atoms with Crippen molar-refractivity contribution >= 4 is 11.6 Å². The molecule has 0 N–H and O–H groups in total. The summed E-state index contributed by atoms with van der Waals surface area (Å²) in [6.07, 6.45) is 1.87. The van der Waals surface area contributed by atoms with E-state index in [2.05, 4.69) is 29.7 Å². The predicted octanol–water partition coefficient (Wildman–Crippen LogP) is 4.98. The lowest BCUT2D eigenvalue weighted by molar-refractivity contribution is 1.07. The van der Waals surface area contributed by atoms with Crippen molar-refractivity contribution < 1.29 is 0 Å². The minimum absolute atomic E-state index is 0.642. The van der Waals surface area contributed by atoms with Crippen LogP contribution in [0.5, 0.6) is 0 Å². The predicted molar refractivity (Wildman–Crippen MR) is 85.7 cm³/mol. The van der Waals surface area contributed by atoms with Crippen LogP contribution in [0.15, 0.2) is 60.8 Å². The van der Waals surface area contributed by atoms with Gasteiger partial charge in [-0.2, -0.15) is 5.26 Å². The monoisotopic (exact) mass is 292 g/mol. The fourth-order valence-electron chi connectivity index (χ4n) is 2.40. The second-order valence-electron chi connectivity index (χ2n) is 4.89. The molecule has 2 aromatic carbocycles. The number of halogens is 1. The van der Waals surface area contributed by atoms with Crippen molar-refractivity contribution in [3.63, 3.8) is 0 Å². The Morgan fingerprint density at radius 2 is 1.76 bits per heavy atom. The molecule has 102 valence electrons. The Bertz CT molecular complexity index is 823. The molecule has 21 heavy (non-hydrogen) atoms. The highest BCUT2D eigenvalue weighted by Gasteiger charge is 2.11. The van der Waals surface area contributed by atoms with Crippen molar-refractivity contribution in [1.29, 1.82) is 5.26 Å². The highest BCUT2D eigenvalue weighted by molar-refractivity contribution is 6.30. The Morgan fingerprint density at radius 1 is 1.05 bits per heavy atom. The lowest BCUT2D eigenvalue weighted by Gasteiger charge is -2.12. The number of rotatable bonds is 2. The molecule has 0 fully saturated rings. The van der Waals surface area contributed by atoms with E-state index in [0.29, 0.717) is 10.6 Å². The average molecular weight is 293 g/mol. The highest BCUT2D eigenvalue weighted by atomic mass is 35.5. The van der Waals surface area contributed by atoms with E-state index in [0.717, 1.165) is 22.5 Å². The molecule has 1 heterocycles. The minimum Gasteiger partial charge on any atom is -0.315 e. The molecule has 0 radical (unpaired) electrons. The molecule has 3 aromatic rings. The van der Waals surface area contributed by atoms with Crippen LogP contribution in [-0.4, -0.2) is 4.57 Å². The van der Waals surface area contributed by atoms with Crippen molar-refractivity contribution in [3.8, 4) is 23.0 Å². The summed E-state index contributed by atoms with van der Waals surface area (Å²) in [5.74, 6) is 0. The first-order valence-corrected chi connectivity index (χ1v) is 7.01. The number of benzene rings is 2. The van der Waals surface area contributed by atoms with E-state index >= 15 is 0 Å². The summed E-state index contributed by atoms with van der Waals surface area (Å²) in [6.45, 7) is 2.06. The maximum atomic E-state index is 9.20. The number of aryl methyl sites for hydroxylation is 1. The molecule has 0 spiro atoms. The first-order chi connectivity index (χ1) is 10.2. The van der Waals surface area contributed by atoms with E-state index in [1.807, 2.05) is 48.7 Å². The molecule has 0 aliphatic rings. The normalized spacial score (nSPS) is 10.3. The van der Waals surface area contributed by atoms with Crippen LogP contribution in [0.4, 0.5) is 0 Å². The fraction of sp³-hybridized carbons (Fsp3) is 0.0556. The van der Waals surface area contributed by atoms with Gasteiger partial charge in [-0.3, -0.25) is 0 Å². The van der Waals surface area contributed by atoms with Gasteiger partial charge >= 0.3 is 0 Å². The molecule has 0 aliphatic carbocycles. The van der Waals surface area contributed by atoms with Crippen molar-refractivity contribution in [2.24, 2.45) is 0 Å². The number of nitrogens with zero attached hydrogens (tertiary/aromatic N) is 2. The third-order valence-electron chi connectivity index (χ3n) is 3.46. The number of hydrogen-bond donors (Lipinski definition) is 0. The lowest BCUT2D eigenvalue weighted by Crippen LogP contribution is -1.97. The fourth-order valence-corrected chi connectivity index (χ4v) is 2.53. The van der Waals surface area contributed by atoms with E-state index in [1.54, 1.807) is 0 Å². The van der Waals surface area contributed by atoms with Gasteiger partial charge in [0.2, 0.25) is 0 Å². The van der Waals surface area contributed by atoms with Gasteiger partial charge in [0, 0.05) is 16.9 Å². The van der Waals surface area contributed by atoms with Crippen LogP contribution in [0.2, 0.25) is 5.02 Å². The van der Waals surface area contributed by atoms with Crippen LogP contribution in [0.3, 0.4) is 0 Å². The zero-order valence-electron chi connectivity index (χ0n) is 11.5. The van der Waals surface area contributed by atoms with Crippen LogP contribution in [-0.2, 0) is 0 Å². The molecule has 0 aliphatic heterocycles. The van der Waals surface area contributed by atoms with E-state index in [1.165, 1.54) is 0 Å². The Labute approximate surface area is 128 Å². The molecule has 1 aromatic heterocycles. The van der Waals surface area contributed by atoms with Gasteiger partial charge in [-0.1, -0.05) is 41.9 Å². The number of hydrogen-bond acceptors (Lipinski definition) is 1. The number of nitriles is 1. The van der Waals surface area contributed by atoms with Gasteiger partial charge in [-0.25, -0.2) is 0 Å². The smallest absolute Gasteiger partial charge is 0.101 e. The van der Waals surface area contributed by atoms with E-state index in [9.17, 15) is 5.26 Å². The SMILES string of the molecule is Cc1ccccc1-n1cc(C#N)cc1-c1ccc(Cl)cc1. The van der Waals surface area contributed by atoms with Crippen molar-refractivity contribution in [2.75, 3.05) is 0 Å². The van der Waals surface area contributed by atoms with Crippen LogP contribution in [0.1, 0.15) is 11.1 Å². The summed E-state index contributed by atoms with van der Waals surface area (Å²) in [5.41, 5.74) is 4.89. The molecule has 2 nitrogen and oxygen atoms in total. The Balaban J connectivity index is 2.22. The summed E-state index contributed by atoms with van der Waals surface area (Å²) in [4.78, 5) is 0. The largest absolute Gasteiger partial charge is 0.315 e. The first-order valence-electron chi connectivity index (χ1n) is 6.63. The Hall–Kier alpha value is -2.50. The summed E-state index contributed by atoms with van der Waals surface area (Å²) < 4.78 is 2.05. The van der Waals surface area contributed by atoms with Crippen LogP contribution >= 0.6 is 11.6 Å². The standard InChI is InChI=1S/C18H13ClN2/c1-13-4-2-3-5-17(13)21-12-14(11-20)10-18(21)15-6-8-16(19)9-7-15/h2-10,12H,1H3. The third-order valence-corrected chi connectivity index (χ3v) is 3.72. The van der Waals surface area contributed by atoms with Gasteiger partial charge in [0.25, 0.3) is 0 Å². The summed E-state index contributed by atoms with van der Waals surface area (Å²) in [7, 11) is 0. The highest BCUT2D eigenvalue weighted by Crippen LogP contribution is 2.28. The number of aromatic nitrogens is 1. The van der Waals surface area contributed by atoms with E-state index < -0.39 is 0 Å². The average Bonchev–Trinajstić information content (AvgIpc) is 2.92. The van der Waals surface area contributed by atoms with Crippen molar-refractivity contribution in [3.05, 3.63) is 76.9 Å². The van der Waals surface area contributed by atoms with Crippen molar-refractivity contribution in [1.82, 2.24) is 4.57 Å². The topological polar surface area (TPSA) is 28.7 Å². The van der Waals surface area contributed by atoms with Gasteiger partial charge < -0.3 is 4.57 Å². The molecular weight excluding hydrogens is 280 g/mol. The second-order valence-corrected chi connectivity index (χ2v) is 5.33. The molecular formula is C18H13ClN2. The first kappa shape index (κ1) is 13.5. The second kappa shape index (κ2) is 5.47. The molecule has 0 atom stereocenters. The van der Waals surface area contributed by atoms with Gasteiger partial charge in [-0.05, 0) is 42.3 Å². The summed E-state index contributed by atoms with van der Waals surface area (Å²) >= 11 is 5.95. The molecule has 3 rings (SSSR count). The van der Waals surface area contributed by atoms with Crippen molar-refractivity contribution in [2.45, 2.75) is 6.92 Å². The molecule has 3 heteroatoms. The molecule has 0 bridgehead atoms. The van der Waals surface area contributed by atoms with Gasteiger partial charge in [0.15, 0.2) is 0 Å². The zero-order valence-corrected chi connectivity index (χ0v) is 12.3. The molecule has 0 unspecified atom stereocenters. The molecule has 0 amide bonds. The summed E-state index contributed by atoms with van der Waals surface area (Å²) in [6, 6.07) is 19.9.